The number of sulfone groups is 1. The Hall–Kier alpha value is -3.72. The van der Waals surface area contributed by atoms with Gasteiger partial charge < -0.3 is 19.9 Å². The molecule has 2 aromatic carbocycles. The SMILES string of the molecule is COc1c(Nc2cc(C)[nH]n2)nc(Sc2ccc(S(=O)(=O)Cc3ccccc3)cc2F)nc1N1CCN(CCN(C)C)CC1. The van der Waals surface area contributed by atoms with Crippen molar-refractivity contribution in [3.63, 3.8) is 0 Å². The van der Waals surface area contributed by atoms with Crippen molar-refractivity contribution in [2.75, 3.05) is 70.7 Å². The number of likely N-dealkylation sites (N-methyl/N-ethyl adjacent to an activating group) is 1. The van der Waals surface area contributed by atoms with Crippen LogP contribution in [0.2, 0.25) is 0 Å². The number of aryl methyl sites for hydroxylation is 1. The molecule has 234 valence electrons. The van der Waals surface area contributed by atoms with Crippen LogP contribution in [-0.2, 0) is 15.6 Å². The third-order valence-corrected chi connectivity index (χ3v) is 9.78. The molecule has 0 spiro atoms. The number of aromatic nitrogens is 4. The molecule has 3 heterocycles. The van der Waals surface area contributed by atoms with Crippen LogP contribution in [0, 0.1) is 12.7 Å². The molecule has 44 heavy (non-hydrogen) atoms. The van der Waals surface area contributed by atoms with Gasteiger partial charge in [-0.15, -0.1) is 0 Å². The molecule has 1 aliphatic rings. The number of methoxy groups -OCH3 is 1. The largest absolute Gasteiger partial charge is 0.490 e. The van der Waals surface area contributed by atoms with Crippen LogP contribution in [0.5, 0.6) is 5.75 Å². The molecule has 11 nitrogen and oxygen atoms in total. The number of benzene rings is 2. The summed E-state index contributed by atoms with van der Waals surface area (Å²) in [7, 11) is 1.96. The second kappa shape index (κ2) is 13.9. The maximum absolute atomic E-state index is 15.4. The Morgan fingerprint density at radius 1 is 1.07 bits per heavy atom. The van der Waals surface area contributed by atoms with Crippen molar-refractivity contribution < 1.29 is 17.5 Å². The molecule has 0 aliphatic carbocycles. The van der Waals surface area contributed by atoms with E-state index in [2.05, 4.69) is 49.3 Å². The van der Waals surface area contributed by atoms with E-state index in [0.717, 1.165) is 62.8 Å². The monoisotopic (exact) mass is 640 g/mol. The van der Waals surface area contributed by atoms with Gasteiger partial charge >= 0.3 is 0 Å². The van der Waals surface area contributed by atoms with E-state index in [1.165, 1.54) is 12.1 Å². The smallest absolute Gasteiger partial charge is 0.204 e. The maximum Gasteiger partial charge on any atom is 0.204 e. The number of aromatic amines is 1. The fourth-order valence-corrected chi connectivity index (χ4v) is 6.93. The Balaban J connectivity index is 1.42. The van der Waals surface area contributed by atoms with E-state index in [9.17, 15) is 8.42 Å². The summed E-state index contributed by atoms with van der Waals surface area (Å²) < 4.78 is 47.2. The fourth-order valence-electron chi connectivity index (χ4n) is 4.81. The van der Waals surface area contributed by atoms with Gasteiger partial charge in [0.25, 0.3) is 0 Å². The first-order valence-corrected chi connectivity index (χ1v) is 16.7. The Labute approximate surface area is 261 Å². The lowest BCUT2D eigenvalue weighted by atomic mass is 10.2. The van der Waals surface area contributed by atoms with Crippen molar-refractivity contribution in [3.05, 3.63) is 71.7 Å². The highest BCUT2D eigenvalue weighted by molar-refractivity contribution is 7.99. The standard InChI is InChI=1S/C30H37FN8O3S2/c1-21-18-26(36-35-21)32-28-27(42-4)29(39-16-14-38(15-17-39)13-12-37(2)3)34-30(33-28)43-25-11-10-23(19-24(25)31)44(40,41)20-22-8-6-5-7-9-22/h5-11,18-19H,12-17,20H2,1-4H3,(H2,32,33,34,35,36). The van der Waals surface area contributed by atoms with Gasteiger partial charge in [-0.05, 0) is 56.5 Å². The Bertz CT molecular complexity index is 1680. The molecular formula is C30H37FN8O3S2. The molecule has 1 fully saturated rings. The van der Waals surface area contributed by atoms with Crippen LogP contribution in [0.1, 0.15) is 11.3 Å². The van der Waals surface area contributed by atoms with Gasteiger partial charge in [-0.2, -0.15) is 5.10 Å². The molecular weight excluding hydrogens is 604 g/mol. The molecule has 14 heteroatoms. The Morgan fingerprint density at radius 2 is 1.82 bits per heavy atom. The molecule has 0 radical (unpaired) electrons. The molecule has 2 aromatic heterocycles. The number of halogens is 1. The highest BCUT2D eigenvalue weighted by Crippen LogP contribution is 2.39. The third-order valence-electron chi connectivity index (χ3n) is 7.18. The van der Waals surface area contributed by atoms with Gasteiger partial charge in [-0.3, -0.25) is 10.00 Å². The predicted octanol–water partition coefficient (Wildman–Crippen LogP) is 4.21. The summed E-state index contributed by atoms with van der Waals surface area (Å²) in [5.41, 5.74) is 1.50. The van der Waals surface area contributed by atoms with Crippen LogP contribution in [0.25, 0.3) is 0 Å². The van der Waals surface area contributed by atoms with Gasteiger partial charge in [-0.1, -0.05) is 30.3 Å². The number of rotatable bonds is 12. The summed E-state index contributed by atoms with van der Waals surface area (Å²) in [6.45, 7) is 7.03. The van der Waals surface area contributed by atoms with Gasteiger partial charge in [0.05, 0.1) is 22.7 Å². The minimum atomic E-state index is -3.74. The summed E-state index contributed by atoms with van der Waals surface area (Å²) in [5, 5.41) is 10.7. The zero-order valence-electron chi connectivity index (χ0n) is 25.2. The topological polar surface area (TPSA) is 120 Å². The first-order chi connectivity index (χ1) is 21.1. The van der Waals surface area contributed by atoms with Crippen molar-refractivity contribution in [1.82, 2.24) is 30.0 Å². The van der Waals surface area contributed by atoms with Gasteiger partial charge in [0.1, 0.15) is 5.82 Å². The second-order valence-corrected chi connectivity index (χ2v) is 13.8. The van der Waals surface area contributed by atoms with Crippen molar-refractivity contribution in [2.45, 2.75) is 27.6 Å². The average Bonchev–Trinajstić information content (AvgIpc) is 3.41. The zero-order chi connectivity index (χ0) is 31.3. The normalized spacial score (nSPS) is 14.3. The summed E-state index contributed by atoms with van der Waals surface area (Å²) in [4.78, 5) is 16.3. The van der Waals surface area contributed by atoms with Crippen LogP contribution < -0.4 is 15.0 Å². The average molecular weight is 641 g/mol. The minimum absolute atomic E-state index is 0.0806. The maximum atomic E-state index is 15.4. The van der Waals surface area contributed by atoms with E-state index >= 15 is 4.39 Å². The molecule has 1 saturated heterocycles. The summed E-state index contributed by atoms with van der Waals surface area (Å²) in [6.07, 6.45) is 0. The van der Waals surface area contributed by atoms with E-state index in [-0.39, 0.29) is 20.7 Å². The van der Waals surface area contributed by atoms with Gasteiger partial charge in [0.15, 0.2) is 32.4 Å². The summed E-state index contributed by atoms with van der Waals surface area (Å²) in [5.74, 6) is 1.11. The number of nitrogens with one attached hydrogen (secondary N) is 2. The van der Waals surface area contributed by atoms with Crippen LogP contribution >= 0.6 is 11.8 Å². The lowest BCUT2D eigenvalue weighted by Crippen LogP contribution is -2.48. The molecule has 5 rings (SSSR count). The fraction of sp³-hybridized carbons (Fsp3) is 0.367. The molecule has 0 atom stereocenters. The number of ether oxygens (including phenoxy) is 1. The number of anilines is 3. The number of H-pyrrole nitrogens is 1. The van der Waals surface area contributed by atoms with Gasteiger partial charge in [0.2, 0.25) is 5.75 Å². The lowest BCUT2D eigenvalue weighted by molar-refractivity contribution is 0.228. The lowest BCUT2D eigenvalue weighted by Gasteiger charge is -2.36. The molecule has 2 N–H and O–H groups in total. The van der Waals surface area contributed by atoms with Crippen LogP contribution in [0.3, 0.4) is 0 Å². The van der Waals surface area contributed by atoms with E-state index in [1.54, 1.807) is 31.4 Å². The first kappa shape index (κ1) is 31.7. The van der Waals surface area contributed by atoms with Crippen LogP contribution in [-0.4, -0.2) is 98.9 Å². The molecule has 0 saturated carbocycles. The molecule has 0 unspecified atom stereocenters. The van der Waals surface area contributed by atoms with Gasteiger partial charge in [-0.25, -0.2) is 22.8 Å². The molecule has 0 amide bonds. The highest BCUT2D eigenvalue weighted by Gasteiger charge is 2.26. The summed E-state index contributed by atoms with van der Waals surface area (Å²) >= 11 is 1.02. The van der Waals surface area contributed by atoms with Crippen molar-refractivity contribution >= 4 is 39.1 Å². The number of hydrogen-bond acceptors (Lipinski definition) is 11. The number of hydrogen-bond donors (Lipinski definition) is 2. The zero-order valence-corrected chi connectivity index (χ0v) is 26.9. The summed E-state index contributed by atoms with van der Waals surface area (Å²) in [6, 6.07) is 14.6. The van der Waals surface area contributed by atoms with Crippen molar-refractivity contribution in [1.29, 1.82) is 0 Å². The van der Waals surface area contributed by atoms with Crippen LogP contribution in [0.15, 0.2) is 69.5 Å². The number of nitrogens with zero attached hydrogens (tertiary/aromatic N) is 6. The predicted molar refractivity (Wildman–Crippen MR) is 170 cm³/mol. The van der Waals surface area contributed by atoms with Crippen LogP contribution in [0.4, 0.5) is 21.8 Å². The van der Waals surface area contributed by atoms with Crippen molar-refractivity contribution in [3.8, 4) is 5.75 Å². The number of piperazine rings is 1. The van der Waals surface area contributed by atoms with E-state index in [0.29, 0.717) is 28.8 Å². The minimum Gasteiger partial charge on any atom is -0.490 e. The van der Waals surface area contributed by atoms with Gasteiger partial charge in [0, 0.05) is 51.0 Å². The first-order valence-electron chi connectivity index (χ1n) is 14.2. The Morgan fingerprint density at radius 3 is 2.45 bits per heavy atom. The van der Waals surface area contributed by atoms with E-state index < -0.39 is 15.7 Å². The molecule has 4 aromatic rings. The quantitative estimate of drug-likeness (QED) is 0.217. The van der Waals surface area contributed by atoms with E-state index in [4.69, 9.17) is 9.72 Å². The molecule has 0 bridgehead atoms. The third kappa shape index (κ3) is 7.86. The highest BCUT2D eigenvalue weighted by atomic mass is 32.2. The van der Waals surface area contributed by atoms with E-state index in [1.807, 2.05) is 19.1 Å². The second-order valence-electron chi connectivity index (χ2n) is 10.8. The molecule has 1 aliphatic heterocycles. The van der Waals surface area contributed by atoms with Crippen molar-refractivity contribution in [2.24, 2.45) is 0 Å². The Kier molecular flexibility index (Phi) is 10.0.